The lowest BCUT2D eigenvalue weighted by atomic mass is 9.89. The maximum Gasteiger partial charge on any atom is 0.326 e. The van der Waals surface area contributed by atoms with Crippen molar-refractivity contribution in [1.29, 1.82) is 0 Å². The van der Waals surface area contributed by atoms with E-state index in [1.807, 2.05) is 33.8 Å². The number of aliphatic carboxylic acids is 1. The van der Waals surface area contributed by atoms with Gasteiger partial charge < -0.3 is 39.9 Å². The molecule has 1 aromatic rings. The summed E-state index contributed by atoms with van der Waals surface area (Å²) in [5, 5.41) is 15.6. The minimum Gasteiger partial charge on any atom is -0.480 e. The summed E-state index contributed by atoms with van der Waals surface area (Å²) >= 11 is 0. The van der Waals surface area contributed by atoms with Crippen LogP contribution in [-0.4, -0.2) is 155 Å². The number of benzene rings is 1. The Morgan fingerprint density at radius 3 is 2.15 bits per heavy atom. The number of nitrogens with zero attached hydrogens (tertiary/aromatic N) is 4. The molecule has 4 rings (SSSR count). The molecule has 3 aliphatic rings. The molecule has 0 bridgehead atoms. The maximum atomic E-state index is 14.6. The van der Waals surface area contributed by atoms with Crippen LogP contribution in [0.5, 0.6) is 0 Å². The van der Waals surface area contributed by atoms with Gasteiger partial charge >= 0.3 is 5.97 Å². The highest BCUT2D eigenvalue weighted by Gasteiger charge is 2.48. The highest BCUT2D eigenvalue weighted by Crippen LogP contribution is 2.32. The van der Waals surface area contributed by atoms with Gasteiger partial charge in [0.25, 0.3) is 11.8 Å². The predicted octanol–water partition coefficient (Wildman–Crippen LogP) is 3.34. The van der Waals surface area contributed by atoms with E-state index in [1.165, 1.54) is 26.4 Å². The molecule has 7 amide bonds. The fourth-order valence-corrected chi connectivity index (χ4v) is 9.62. The number of methoxy groups -OCH3 is 2. The molecular formula is C48H72N6O11. The zero-order valence-electron chi connectivity index (χ0n) is 39.7. The molecule has 0 aliphatic carbocycles. The minimum absolute atomic E-state index is 0.0792. The molecule has 3 N–H and O–H groups in total. The first-order valence-corrected chi connectivity index (χ1v) is 23.1. The Labute approximate surface area is 384 Å². The molecule has 1 aromatic carbocycles. The van der Waals surface area contributed by atoms with Crippen LogP contribution in [-0.2, 0) is 54.3 Å². The summed E-state index contributed by atoms with van der Waals surface area (Å²) in [5.41, 5.74) is -0.435. The molecule has 0 spiro atoms. The summed E-state index contributed by atoms with van der Waals surface area (Å²) in [7, 11) is 4.64. The first-order chi connectivity index (χ1) is 30.8. The van der Waals surface area contributed by atoms with Crippen molar-refractivity contribution in [3.8, 4) is 0 Å². The van der Waals surface area contributed by atoms with Crippen LogP contribution in [0, 0.1) is 17.8 Å². The summed E-state index contributed by atoms with van der Waals surface area (Å²) in [6.07, 6.45) is 4.90. The van der Waals surface area contributed by atoms with E-state index in [1.54, 1.807) is 59.9 Å². The molecular weight excluding hydrogens is 837 g/mol. The topological polar surface area (TPSA) is 212 Å². The molecule has 17 heteroatoms. The average Bonchev–Trinajstić information content (AvgIpc) is 4.02. The lowest BCUT2D eigenvalue weighted by molar-refractivity contribution is -0.150. The van der Waals surface area contributed by atoms with Crippen LogP contribution in [0.2, 0.25) is 0 Å². The van der Waals surface area contributed by atoms with E-state index in [2.05, 4.69) is 10.6 Å². The van der Waals surface area contributed by atoms with Gasteiger partial charge in [0.15, 0.2) is 0 Å². The molecule has 1 unspecified atom stereocenters. The van der Waals surface area contributed by atoms with Gasteiger partial charge in [-0.2, -0.15) is 0 Å². The molecule has 9 atom stereocenters. The van der Waals surface area contributed by atoms with Crippen molar-refractivity contribution in [2.75, 3.05) is 40.9 Å². The van der Waals surface area contributed by atoms with Gasteiger partial charge in [0.2, 0.25) is 29.5 Å². The zero-order valence-corrected chi connectivity index (χ0v) is 39.7. The number of hydrogen-bond acceptors (Lipinski definition) is 10. The maximum absolute atomic E-state index is 14.6. The summed E-state index contributed by atoms with van der Waals surface area (Å²) in [6, 6.07) is 5.86. The summed E-state index contributed by atoms with van der Waals surface area (Å²) in [5.74, 6) is -4.93. The summed E-state index contributed by atoms with van der Waals surface area (Å²) < 4.78 is 11.9. The second-order valence-corrected chi connectivity index (χ2v) is 18.4. The van der Waals surface area contributed by atoms with E-state index in [9.17, 15) is 43.5 Å². The van der Waals surface area contributed by atoms with Crippen molar-refractivity contribution in [3.05, 3.63) is 48.0 Å². The average molecular weight is 909 g/mol. The molecule has 3 heterocycles. The van der Waals surface area contributed by atoms with Gasteiger partial charge in [0.1, 0.15) is 17.6 Å². The Kier molecular flexibility index (Phi) is 19.3. The summed E-state index contributed by atoms with van der Waals surface area (Å²) in [4.78, 5) is 112. The molecule has 17 nitrogen and oxygen atoms in total. The van der Waals surface area contributed by atoms with Crippen molar-refractivity contribution in [2.45, 2.75) is 148 Å². The minimum atomic E-state index is -1.20. The highest BCUT2D eigenvalue weighted by atomic mass is 16.5. The SMILES string of the molecule is CC[C@H](C)C([C@@H](CC(=O)N1CCC[C@H]1[C@H](OC)[C@@H](C)C(=O)N[C@@H](Cc1ccccc1)C(=O)O)OC)N(C)C(=O)[C@@H](NC(=O)[C@]1(C)CCCN1C(=O)CCCCN1C(=O)C=CC1=O)C(C)C. The molecule has 0 aromatic heterocycles. The van der Waals surface area contributed by atoms with E-state index >= 15 is 0 Å². The number of imide groups is 1. The predicted molar refractivity (Wildman–Crippen MR) is 242 cm³/mol. The first kappa shape index (κ1) is 52.5. The van der Waals surface area contributed by atoms with Gasteiger partial charge in [0, 0.05) is 65.9 Å². The number of carbonyl (C=O) groups is 8. The van der Waals surface area contributed by atoms with Gasteiger partial charge in [-0.15, -0.1) is 0 Å². The smallest absolute Gasteiger partial charge is 0.326 e. The summed E-state index contributed by atoms with van der Waals surface area (Å²) in [6.45, 7) is 12.0. The fourth-order valence-electron chi connectivity index (χ4n) is 9.62. The van der Waals surface area contributed by atoms with Crippen molar-refractivity contribution in [1.82, 2.24) is 30.2 Å². The first-order valence-electron chi connectivity index (χ1n) is 23.1. The highest BCUT2D eigenvalue weighted by molar-refractivity contribution is 6.12. The van der Waals surface area contributed by atoms with E-state index in [0.717, 1.165) is 10.5 Å². The Bertz CT molecular complexity index is 1870. The van der Waals surface area contributed by atoms with E-state index < -0.39 is 65.6 Å². The van der Waals surface area contributed by atoms with Crippen LogP contribution in [0.25, 0.3) is 0 Å². The molecule has 2 fully saturated rings. The standard InChI is InChI=1S/C48H72N6O11/c1-10-31(4)42(36(64-8)29-40(58)52-26-16-20-35(52)43(65-9)32(5)44(59)49-34(46(61)62)28-33-18-12-11-13-19-33)51(7)45(60)41(30(2)3)50-47(63)48(6)24-17-27-54(48)39(57)21-14-15-25-53-37(55)22-23-38(53)56/h11-13,18-19,22-23,30-32,34-36,41-43H,10,14-17,20-21,24-29H2,1-9H3,(H,49,59)(H,50,63)(H,61,62)/t31-,32+,34-,35-,36+,41-,42?,43+,48-/m0/s1. The van der Waals surface area contributed by atoms with Crippen molar-refractivity contribution >= 4 is 47.3 Å². The van der Waals surface area contributed by atoms with Crippen LogP contribution in [0.15, 0.2) is 42.5 Å². The van der Waals surface area contributed by atoms with Crippen molar-refractivity contribution in [2.24, 2.45) is 17.8 Å². The monoisotopic (exact) mass is 909 g/mol. The number of ether oxygens (including phenoxy) is 2. The van der Waals surface area contributed by atoms with Crippen LogP contribution < -0.4 is 10.6 Å². The number of likely N-dealkylation sites (N-methyl/N-ethyl adjacent to an activating group) is 1. The Morgan fingerprint density at radius 1 is 0.908 bits per heavy atom. The number of rotatable bonds is 24. The normalized spacial score (nSPS) is 21.8. The third kappa shape index (κ3) is 12.8. The molecule has 2 saturated heterocycles. The molecule has 0 saturated carbocycles. The van der Waals surface area contributed by atoms with Crippen LogP contribution in [0.3, 0.4) is 0 Å². The van der Waals surface area contributed by atoms with Crippen LogP contribution in [0.4, 0.5) is 0 Å². The Morgan fingerprint density at radius 2 is 1.57 bits per heavy atom. The van der Waals surface area contributed by atoms with Gasteiger partial charge in [0.05, 0.1) is 36.6 Å². The number of amides is 7. The number of carbonyl (C=O) groups excluding carboxylic acids is 7. The van der Waals surface area contributed by atoms with Gasteiger partial charge in [-0.1, -0.05) is 71.4 Å². The number of carboxylic acids is 1. The lowest BCUT2D eigenvalue weighted by Gasteiger charge is -2.41. The number of nitrogens with one attached hydrogen (secondary N) is 2. The number of carboxylic acid groups (broad SMARTS) is 1. The third-order valence-corrected chi connectivity index (χ3v) is 13.7. The third-order valence-electron chi connectivity index (χ3n) is 13.7. The van der Waals surface area contributed by atoms with Crippen molar-refractivity contribution in [3.63, 3.8) is 0 Å². The van der Waals surface area contributed by atoms with Crippen LogP contribution >= 0.6 is 0 Å². The zero-order chi connectivity index (χ0) is 48.2. The lowest BCUT2D eigenvalue weighted by Crippen LogP contribution is -2.62. The van der Waals surface area contributed by atoms with E-state index in [0.29, 0.717) is 58.0 Å². The Hall–Kier alpha value is -5.16. The molecule has 65 heavy (non-hydrogen) atoms. The molecule has 360 valence electrons. The molecule has 0 radical (unpaired) electrons. The number of unbranched alkanes of at least 4 members (excludes halogenated alkanes) is 1. The van der Waals surface area contributed by atoms with E-state index in [4.69, 9.17) is 9.47 Å². The second-order valence-electron chi connectivity index (χ2n) is 18.4. The van der Waals surface area contributed by atoms with Gasteiger partial charge in [-0.05, 0) is 62.8 Å². The largest absolute Gasteiger partial charge is 0.480 e. The fraction of sp³-hybridized carbons (Fsp3) is 0.667. The van der Waals surface area contributed by atoms with Gasteiger partial charge in [-0.3, -0.25) is 38.5 Å². The number of hydrogen-bond donors (Lipinski definition) is 3. The Balaban J connectivity index is 1.43. The van der Waals surface area contributed by atoms with Crippen molar-refractivity contribution < 1.29 is 52.9 Å². The number of likely N-dealkylation sites (tertiary alicyclic amines) is 2. The second kappa shape index (κ2) is 23.9. The molecule has 3 aliphatic heterocycles. The quantitative estimate of drug-likeness (QED) is 0.101. The van der Waals surface area contributed by atoms with Gasteiger partial charge in [-0.25, -0.2) is 4.79 Å². The van der Waals surface area contributed by atoms with E-state index in [-0.39, 0.29) is 67.2 Å². The van der Waals surface area contributed by atoms with Crippen LogP contribution in [0.1, 0.15) is 105 Å².